The molecule has 0 bridgehead atoms. The van der Waals surface area contributed by atoms with E-state index < -0.39 is 23.8 Å². The van der Waals surface area contributed by atoms with Crippen molar-refractivity contribution < 1.29 is 24.4 Å². The molecule has 2 aromatic carbocycles. The maximum absolute atomic E-state index is 14.8. The van der Waals surface area contributed by atoms with E-state index in [1.54, 1.807) is 19.2 Å². The van der Waals surface area contributed by atoms with Crippen molar-refractivity contribution in [3.63, 3.8) is 0 Å². The summed E-state index contributed by atoms with van der Waals surface area (Å²) in [6.07, 6.45) is 1.76. The number of halogens is 1. The van der Waals surface area contributed by atoms with Gasteiger partial charge in [0.05, 0.1) is 5.60 Å². The van der Waals surface area contributed by atoms with Gasteiger partial charge < -0.3 is 25.0 Å². The van der Waals surface area contributed by atoms with E-state index in [0.717, 1.165) is 24.8 Å². The van der Waals surface area contributed by atoms with Crippen LogP contribution in [-0.4, -0.2) is 32.9 Å². The number of benzene rings is 2. The Balaban J connectivity index is 1.58. The molecule has 3 atom stereocenters. The van der Waals surface area contributed by atoms with Crippen molar-refractivity contribution in [3.05, 3.63) is 59.5 Å². The van der Waals surface area contributed by atoms with E-state index in [2.05, 4.69) is 10.3 Å². The highest BCUT2D eigenvalue weighted by Crippen LogP contribution is 2.42. The number of fused-ring (bicyclic) bond motifs is 1. The fourth-order valence-corrected chi connectivity index (χ4v) is 4.37. The normalized spacial score (nSPS) is 28.6. The second kappa shape index (κ2) is 6.35. The molecular weight excluding hydrogens is 375 g/mol. The Hall–Kier alpha value is -2.29. The molecule has 5 rings (SSSR count). The molecule has 2 fully saturated rings. The first-order valence-electron chi connectivity index (χ1n) is 9.75. The molecule has 3 unspecified atom stereocenters. The second-order valence-electron chi connectivity index (χ2n) is 8.19. The number of aliphatic hydroxyl groups is 3. The summed E-state index contributed by atoms with van der Waals surface area (Å²) < 4.78 is 20.3. The number of hydrogen-bond acceptors (Lipinski definition) is 5. The molecule has 2 aliphatic rings. The van der Waals surface area contributed by atoms with Crippen LogP contribution in [0.15, 0.2) is 42.6 Å². The zero-order valence-electron chi connectivity index (χ0n) is 15.9. The maximum Gasteiger partial charge on any atom is 0.216 e. The Morgan fingerprint density at radius 3 is 2.45 bits per heavy atom. The van der Waals surface area contributed by atoms with Crippen LogP contribution in [0.25, 0.3) is 22.0 Å². The third-order valence-corrected chi connectivity index (χ3v) is 6.40. The van der Waals surface area contributed by atoms with Crippen molar-refractivity contribution in [2.45, 2.75) is 50.0 Å². The van der Waals surface area contributed by atoms with Crippen LogP contribution < -0.4 is 5.32 Å². The molecule has 1 aliphatic carbocycles. The maximum atomic E-state index is 14.8. The van der Waals surface area contributed by atoms with Gasteiger partial charge in [0.25, 0.3) is 0 Å². The third-order valence-electron chi connectivity index (χ3n) is 6.40. The van der Waals surface area contributed by atoms with Crippen molar-refractivity contribution in [1.82, 2.24) is 10.3 Å². The number of rotatable bonds is 3. The molecule has 1 saturated heterocycles. The van der Waals surface area contributed by atoms with Gasteiger partial charge in [-0.05, 0) is 49.4 Å². The first kappa shape index (κ1) is 18.7. The summed E-state index contributed by atoms with van der Waals surface area (Å²) in [5.74, 6) is -0.378. The highest BCUT2D eigenvalue weighted by atomic mass is 19.1. The van der Waals surface area contributed by atoms with Gasteiger partial charge in [-0.3, -0.25) is 0 Å². The van der Waals surface area contributed by atoms with E-state index in [-0.39, 0.29) is 5.82 Å². The molecule has 7 heteroatoms. The van der Waals surface area contributed by atoms with Crippen LogP contribution in [0.2, 0.25) is 0 Å². The zero-order chi connectivity index (χ0) is 20.4. The Morgan fingerprint density at radius 2 is 1.86 bits per heavy atom. The van der Waals surface area contributed by atoms with Crippen LogP contribution in [0.4, 0.5) is 4.39 Å². The summed E-state index contributed by atoms with van der Waals surface area (Å²) >= 11 is 0. The van der Waals surface area contributed by atoms with Gasteiger partial charge in [-0.1, -0.05) is 24.3 Å². The number of nitrogens with one attached hydrogen (secondary N) is 2. The first-order chi connectivity index (χ1) is 13.8. The lowest BCUT2D eigenvalue weighted by molar-refractivity contribution is -0.149. The summed E-state index contributed by atoms with van der Waals surface area (Å²) in [7, 11) is 0. The number of aromatic nitrogens is 1. The van der Waals surface area contributed by atoms with E-state index >= 15 is 0 Å². The van der Waals surface area contributed by atoms with Crippen LogP contribution in [0, 0.1) is 5.82 Å². The lowest BCUT2D eigenvalue weighted by Gasteiger charge is -2.37. The molecular formula is C22H23FN2O4. The first-order valence-corrected chi connectivity index (χ1v) is 9.75. The number of hydrogen-bond donors (Lipinski definition) is 5. The lowest BCUT2D eigenvalue weighted by Crippen LogP contribution is -2.38. The van der Waals surface area contributed by atoms with Crippen molar-refractivity contribution >= 4 is 10.9 Å². The van der Waals surface area contributed by atoms with E-state index in [4.69, 9.17) is 4.74 Å². The minimum absolute atomic E-state index is 0.378. The van der Waals surface area contributed by atoms with Gasteiger partial charge in [0.2, 0.25) is 6.41 Å². The molecule has 3 aromatic rings. The molecule has 0 spiro atoms. The standard InChI is InChI=1S/C22H23FN2O4/c1-21(19(26)25-20(27)29-21)16-11-24-18-10-17(23)14(9-15(16)18)12-3-5-13(6-4-12)22(28)7-2-8-22/h3-6,9-11,19-20,24-28H,2,7-8H2,1H3. The quantitative estimate of drug-likeness (QED) is 0.467. The van der Waals surface area contributed by atoms with Gasteiger partial charge in [-0.25, -0.2) is 9.71 Å². The van der Waals surface area contributed by atoms with Crippen molar-refractivity contribution in [2.24, 2.45) is 0 Å². The summed E-state index contributed by atoms with van der Waals surface area (Å²) in [4.78, 5) is 3.02. The highest BCUT2D eigenvalue weighted by Gasteiger charge is 2.46. The fraction of sp³-hybridized carbons (Fsp3) is 0.364. The minimum atomic E-state index is -1.29. The average molecular weight is 398 g/mol. The zero-order valence-corrected chi connectivity index (χ0v) is 15.9. The molecule has 1 aliphatic heterocycles. The van der Waals surface area contributed by atoms with Crippen LogP contribution in [-0.2, 0) is 15.9 Å². The van der Waals surface area contributed by atoms with E-state index in [1.165, 1.54) is 6.07 Å². The van der Waals surface area contributed by atoms with Crippen LogP contribution in [0.3, 0.4) is 0 Å². The smallest absolute Gasteiger partial charge is 0.216 e. The molecule has 152 valence electrons. The number of H-pyrrole nitrogens is 1. The Labute approximate surface area is 166 Å². The number of aromatic amines is 1. The molecule has 1 aromatic heterocycles. The van der Waals surface area contributed by atoms with Crippen LogP contribution in [0.5, 0.6) is 0 Å². The Kier molecular flexibility index (Phi) is 4.10. The summed E-state index contributed by atoms with van der Waals surface area (Å²) in [5.41, 5.74) is 1.20. The molecule has 2 heterocycles. The molecule has 0 radical (unpaired) electrons. The van der Waals surface area contributed by atoms with E-state index in [9.17, 15) is 19.7 Å². The van der Waals surface area contributed by atoms with E-state index in [1.807, 2.05) is 24.3 Å². The van der Waals surface area contributed by atoms with Gasteiger partial charge in [0.1, 0.15) is 17.6 Å². The van der Waals surface area contributed by atoms with Gasteiger partial charge in [0, 0.05) is 28.2 Å². The highest BCUT2D eigenvalue weighted by molar-refractivity contribution is 5.89. The summed E-state index contributed by atoms with van der Waals surface area (Å²) in [6.45, 7) is 1.67. The van der Waals surface area contributed by atoms with Crippen LogP contribution in [0.1, 0.15) is 37.3 Å². The molecule has 0 amide bonds. The second-order valence-corrected chi connectivity index (χ2v) is 8.19. The van der Waals surface area contributed by atoms with Crippen molar-refractivity contribution in [1.29, 1.82) is 0 Å². The number of aliphatic hydroxyl groups excluding tert-OH is 2. The van der Waals surface area contributed by atoms with Crippen molar-refractivity contribution in [3.8, 4) is 11.1 Å². The van der Waals surface area contributed by atoms with Crippen molar-refractivity contribution in [2.75, 3.05) is 0 Å². The predicted molar refractivity (Wildman–Crippen MR) is 105 cm³/mol. The molecule has 5 N–H and O–H groups in total. The lowest BCUT2D eigenvalue weighted by atomic mass is 9.75. The van der Waals surface area contributed by atoms with E-state index in [0.29, 0.717) is 27.6 Å². The Bertz CT molecular complexity index is 1080. The topological polar surface area (TPSA) is 97.7 Å². The van der Waals surface area contributed by atoms with Gasteiger partial charge >= 0.3 is 0 Å². The number of ether oxygens (including phenoxy) is 1. The molecule has 6 nitrogen and oxygen atoms in total. The largest absolute Gasteiger partial charge is 0.385 e. The van der Waals surface area contributed by atoms with Gasteiger partial charge in [-0.15, -0.1) is 0 Å². The fourth-order valence-electron chi connectivity index (χ4n) is 4.37. The Morgan fingerprint density at radius 1 is 1.14 bits per heavy atom. The molecule has 1 saturated carbocycles. The minimum Gasteiger partial charge on any atom is -0.385 e. The summed E-state index contributed by atoms with van der Waals surface area (Å²) in [6, 6.07) is 10.5. The monoisotopic (exact) mass is 398 g/mol. The van der Waals surface area contributed by atoms with Gasteiger partial charge in [-0.2, -0.15) is 0 Å². The van der Waals surface area contributed by atoms with Crippen LogP contribution >= 0.6 is 0 Å². The molecule has 29 heavy (non-hydrogen) atoms. The predicted octanol–water partition coefficient (Wildman–Crippen LogP) is 2.77. The average Bonchev–Trinajstić information content (AvgIpc) is 3.19. The van der Waals surface area contributed by atoms with Gasteiger partial charge in [0.15, 0.2) is 0 Å². The third kappa shape index (κ3) is 2.81. The summed E-state index contributed by atoms with van der Waals surface area (Å²) in [5, 5.41) is 33.8. The SMILES string of the molecule is CC1(c2c[nH]c3cc(F)c(-c4ccc(C5(O)CCC5)cc4)cc23)OC(O)NC1O.